The molecule has 19 heavy (non-hydrogen) atoms. The van der Waals surface area contributed by atoms with Gasteiger partial charge >= 0.3 is 0 Å². The van der Waals surface area contributed by atoms with E-state index in [0.29, 0.717) is 4.99 Å². The fourth-order valence-electron chi connectivity index (χ4n) is 2.72. The van der Waals surface area contributed by atoms with E-state index in [-0.39, 0.29) is 0 Å². The lowest BCUT2D eigenvalue weighted by atomic mass is 9.86. The number of nitrogens with two attached hydrogens (primary N) is 1. The van der Waals surface area contributed by atoms with Gasteiger partial charge in [0.2, 0.25) is 0 Å². The summed E-state index contributed by atoms with van der Waals surface area (Å²) in [6.45, 7) is 6.94. The van der Waals surface area contributed by atoms with Crippen molar-refractivity contribution in [2.24, 2.45) is 17.6 Å². The third-order valence-corrected chi connectivity index (χ3v) is 4.94. The zero-order valence-electron chi connectivity index (χ0n) is 11.5. The van der Waals surface area contributed by atoms with Crippen molar-refractivity contribution in [1.82, 2.24) is 0 Å². The summed E-state index contributed by atoms with van der Waals surface area (Å²) >= 11 is 8.58. The van der Waals surface area contributed by atoms with Crippen LogP contribution >= 0.6 is 28.1 Å². The summed E-state index contributed by atoms with van der Waals surface area (Å²) in [5.41, 5.74) is 7.85. The van der Waals surface area contributed by atoms with Gasteiger partial charge in [0.15, 0.2) is 0 Å². The molecule has 0 unspecified atom stereocenters. The maximum Gasteiger partial charge on any atom is 0.105 e. The van der Waals surface area contributed by atoms with Crippen LogP contribution in [0.4, 0.5) is 5.69 Å². The zero-order chi connectivity index (χ0) is 14.0. The van der Waals surface area contributed by atoms with Crippen LogP contribution < -0.4 is 10.6 Å². The lowest BCUT2D eigenvalue weighted by molar-refractivity contribution is 0.311. The van der Waals surface area contributed by atoms with Gasteiger partial charge in [-0.15, -0.1) is 0 Å². The smallest absolute Gasteiger partial charge is 0.105 e. The van der Waals surface area contributed by atoms with Crippen molar-refractivity contribution in [3.63, 3.8) is 0 Å². The molecule has 4 heteroatoms. The summed E-state index contributed by atoms with van der Waals surface area (Å²) in [5.74, 6) is 1.67. The van der Waals surface area contributed by atoms with Crippen LogP contribution in [0.3, 0.4) is 0 Å². The number of piperidine rings is 1. The summed E-state index contributed by atoms with van der Waals surface area (Å²) in [5, 5.41) is 0. The monoisotopic (exact) mass is 340 g/mol. The van der Waals surface area contributed by atoms with Crippen molar-refractivity contribution >= 4 is 38.8 Å². The van der Waals surface area contributed by atoms with Crippen molar-refractivity contribution in [3.8, 4) is 0 Å². The largest absolute Gasteiger partial charge is 0.389 e. The molecule has 0 aliphatic carbocycles. The van der Waals surface area contributed by atoms with Crippen molar-refractivity contribution in [1.29, 1.82) is 0 Å². The summed E-state index contributed by atoms with van der Waals surface area (Å²) in [7, 11) is 0. The van der Waals surface area contributed by atoms with Crippen molar-refractivity contribution < 1.29 is 0 Å². The Hall–Kier alpha value is -0.610. The fraction of sp³-hybridized carbons (Fsp3) is 0.533. The highest BCUT2D eigenvalue weighted by molar-refractivity contribution is 9.10. The van der Waals surface area contributed by atoms with Gasteiger partial charge in [0.25, 0.3) is 0 Å². The van der Waals surface area contributed by atoms with E-state index in [2.05, 4.69) is 46.8 Å². The van der Waals surface area contributed by atoms with Crippen LogP contribution in [-0.2, 0) is 0 Å². The molecule has 1 aliphatic rings. The van der Waals surface area contributed by atoms with Gasteiger partial charge in [-0.1, -0.05) is 26.1 Å². The van der Waals surface area contributed by atoms with E-state index in [9.17, 15) is 0 Å². The molecule has 2 rings (SSSR count). The molecular formula is C15H21BrN2S. The Bertz CT molecular complexity index is 465. The molecular weight excluding hydrogens is 320 g/mol. The maximum absolute atomic E-state index is 5.68. The first-order valence-corrected chi connectivity index (χ1v) is 8.03. The molecule has 0 saturated carbocycles. The second-order valence-electron chi connectivity index (χ2n) is 5.60. The fourth-order valence-corrected chi connectivity index (χ4v) is 3.61. The molecule has 1 aliphatic heterocycles. The first-order chi connectivity index (χ1) is 8.99. The molecule has 0 aromatic heterocycles. The topological polar surface area (TPSA) is 29.3 Å². The van der Waals surface area contributed by atoms with E-state index in [0.717, 1.165) is 35.0 Å². The van der Waals surface area contributed by atoms with E-state index in [4.69, 9.17) is 18.0 Å². The minimum atomic E-state index is 0.442. The third-order valence-electron chi connectivity index (χ3n) is 4.07. The molecule has 1 heterocycles. The Labute approximate surface area is 129 Å². The molecule has 0 spiro atoms. The van der Waals surface area contributed by atoms with Crippen LogP contribution in [0, 0.1) is 11.8 Å². The lowest BCUT2D eigenvalue weighted by Gasteiger charge is -2.35. The molecule has 1 aromatic carbocycles. The van der Waals surface area contributed by atoms with Gasteiger partial charge in [-0.25, -0.2) is 0 Å². The minimum Gasteiger partial charge on any atom is -0.389 e. The standard InChI is InChI=1S/C15H21BrN2S/c1-10(2)11-5-7-18(8-6-11)12-3-4-13(15(17)19)14(16)9-12/h3-4,9-11H,5-8H2,1-2H3,(H2,17,19). The molecule has 0 radical (unpaired) electrons. The number of hydrogen-bond donors (Lipinski definition) is 1. The Balaban J connectivity index is 2.08. The van der Waals surface area contributed by atoms with Gasteiger partial charge in [0.05, 0.1) is 0 Å². The highest BCUT2D eigenvalue weighted by Crippen LogP contribution is 2.30. The van der Waals surface area contributed by atoms with Crippen molar-refractivity contribution in [2.45, 2.75) is 26.7 Å². The second kappa shape index (κ2) is 6.23. The number of rotatable bonds is 3. The number of halogens is 1. The van der Waals surface area contributed by atoms with E-state index < -0.39 is 0 Å². The van der Waals surface area contributed by atoms with Crippen LogP contribution in [0.5, 0.6) is 0 Å². The lowest BCUT2D eigenvalue weighted by Crippen LogP contribution is -2.35. The number of nitrogens with zero attached hydrogens (tertiary/aromatic N) is 1. The van der Waals surface area contributed by atoms with Crippen LogP contribution in [0.15, 0.2) is 22.7 Å². The molecule has 0 bridgehead atoms. The molecule has 2 nitrogen and oxygen atoms in total. The Morgan fingerprint density at radius 3 is 2.47 bits per heavy atom. The van der Waals surface area contributed by atoms with Gasteiger partial charge in [-0.3, -0.25) is 0 Å². The van der Waals surface area contributed by atoms with Gasteiger partial charge in [-0.2, -0.15) is 0 Å². The molecule has 1 aromatic rings. The minimum absolute atomic E-state index is 0.442. The number of thiocarbonyl (C=S) groups is 1. The number of hydrogen-bond acceptors (Lipinski definition) is 2. The molecule has 1 fully saturated rings. The molecule has 2 N–H and O–H groups in total. The third kappa shape index (κ3) is 3.48. The van der Waals surface area contributed by atoms with Gasteiger partial charge in [-0.05, 0) is 58.8 Å². The van der Waals surface area contributed by atoms with E-state index in [1.807, 2.05) is 6.07 Å². The van der Waals surface area contributed by atoms with E-state index in [1.165, 1.54) is 18.5 Å². The zero-order valence-corrected chi connectivity index (χ0v) is 13.9. The van der Waals surface area contributed by atoms with Crippen LogP contribution in [0.1, 0.15) is 32.3 Å². The molecule has 104 valence electrons. The van der Waals surface area contributed by atoms with Crippen LogP contribution in [-0.4, -0.2) is 18.1 Å². The average Bonchev–Trinajstić information content (AvgIpc) is 2.38. The predicted octanol–water partition coefficient (Wildman–Crippen LogP) is 3.96. The highest BCUT2D eigenvalue weighted by atomic mass is 79.9. The van der Waals surface area contributed by atoms with Crippen molar-refractivity contribution in [2.75, 3.05) is 18.0 Å². The first-order valence-electron chi connectivity index (χ1n) is 6.83. The van der Waals surface area contributed by atoms with E-state index >= 15 is 0 Å². The van der Waals surface area contributed by atoms with Gasteiger partial charge in [0, 0.05) is 28.8 Å². The first kappa shape index (κ1) is 14.8. The van der Waals surface area contributed by atoms with Crippen molar-refractivity contribution in [3.05, 3.63) is 28.2 Å². The van der Waals surface area contributed by atoms with Crippen LogP contribution in [0.25, 0.3) is 0 Å². The molecule has 0 amide bonds. The van der Waals surface area contributed by atoms with Gasteiger partial charge in [0.1, 0.15) is 4.99 Å². The summed E-state index contributed by atoms with van der Waals surface area (Å²) in [6.07, 6.45) is 2.57. The average molecular weight is 341 g/mol. The number of anilines is 1. The maximum atomic E-state index is 5.68. The molecule has 1 saturated heterocycles. The van der Waals surface area contributed by atoms with Crippen LogP contribution in [0.2, 0.25) is 0 Å². The SMILES string of the molecule is CC(C)C1CCN(c2ccc(C(N)=S)c(Br)c2)CC1. The summed E-state index contributed by atoms with van der Waals surface area (Å²) in [6, 6.07) is 6.26. The highest BCUT2D eigenvalue weighted by Gasteiger charge is 2.22. The quantitative estimate of drug-likeness (QED) is 0.844. The predicted molar refractivity (Wildman–Crippen MR) is 89.8 cm³/mol. The Kier molecular flexibility index (Phi) is 4.85. The Morgan fingerprint density at radius 2 is 2.00 bits per heavy atom. The Morgan fingerprint density at radius 1 is 1.37 bits per heavy atom. The normalized spacial score (nSPS) is 16.9. The summed E-state index contributed by atoms with van der Waals surface area (Å²) < 4.78 is 0.989. The number of benzene rings is 1. The van der Waals surface area contributed by atoms with Gasteiger partial charge < -0.3 is 10.6 Å². The second-order valence-corrected chi connectivity index (χ2v) is 6.89. The van der Waals surface area contributed by atoms with E-state index in [1.54, 1.807) is 0 Å². The molecule has 0 atom stereocenters. The summed E-state index contributed by atoms with van der Waals surface area (Å²) in [4.78, 5) is 2.89.